The van der Waals surface area contributed by atoms with Crippen LogP contribution in [0.15, 0.2) is 53.6 Å². The first kappa shape index (κ1) is 23.0. The predicted molar refractivity (Wildman–Crippen MR) is 117 cm³/mol. The molecule has 10 nitrogen and oxygen atoms in total. The fourth-order valence-corrected chi connectivity index (χ4v) is 2.89. The molecule has 0 fully saturated rings. The normalized spacial score (nSPS) is 11.6. The van der Waals surface area contributed by atoms with E-state index in [1.807, 2.05) is 10.8 Å². The molecular formula is C22H21F2N7O3. The molecule has 0 aliphatic rings. The smallest absolute Gasteiger partial charge is 0.413 e. The molecule has 0 atom stereocenters. The molecule has 4 aromatic rings. The number of amides is 1. The molecule has 0 saturated heterocycles. The number of alkyl halides is 2. The molecule has 0 unspecified atom stereocenters. The van der Waals surface area contributed by atoms with Gasteiger partial charge < -0.3 is 13.7 Å². The van der Waals surface area contributed by atoms with Crippen LogP contribution >= 0.6 is 0 Å². The lowest BCUT2D eigenvalue weighted by molar-refractivity contribution is 0.0635. The number of imidazole rings is 1. The van der Waals surface area contributed by atoms with Crippen LogP contribution in [0.2, 0.25) is 0 Å². The van der Waals surface area contributed by atoms with Crippen LogP contribution in [0.4, 0.5) is 19.4 Å². The van der Waals surface area contributed by atoms with Crippen LogP contribution < -0.4 is 5.32 Å². The number of halogens is 2. The standard InChI is InChI=1S/C22H21F2N7O3/c1-22(2,3)34-21(32)28-17-7-5-13(8-26-17)16-11-31(12-27-16)10-15-6-4-14(9-25-15)19-29-30-20(33-19)18(23)24/h4-9,11-12,18H,10H2,1-3H3,(H,26,28,32). The predicted octanol–water partition coefficient (Wildman–Crippen LogP) is 4.72. The molecule has 0 radical (unpaired) electrons. The van der Waals surface area contributed by atoms with Crippen molar-refractivity contribution >= 4 is 11.9 Å². The summed E-state index contributed by atoms with van der Waals surface area (Å²) in [5.74, 6) is -0.381. The van der Waals surface area contributed by atoms with Crippen LogP contribution in [0.1, 0.15) is 38.8 Å². The zero-order valence-corrected chi connectivity index (χ0v) is 18.6. The van der Waals surface area contributed by atoms with E-state index in [0.717, 1.165) is 11.3 Å². The van der Waals surface area contributed by atoms with Gasteiger partial charge in [-0.1, -0.05) is 0 Å². The van der Waals surface area contributed by atoms with E-state index in [4.69, 9.17) is 9.15 Å². The Labute approximate surface area is 193 Å². The minimum atomic E-state index is -2.82. The number of anilines is 1. The van der Waals surface area contributed by atoms with Crippen molar-refractivity contribution in [1.29, 1.82) is 0 Å². The van der Waals surface area contributed by atoms with E-state index >= 15 is 0 Å². The van der Waals surface area contributed by atoms with Gasteiger partial charge in [-0.25, -0.2) is 14.8 Å². The second-order valence-corrected chi connectivity index (χ2v) is 8.27. The van der Waals surface area contributed by atoms with Gasteiger partial charge >= 0.3 is 12.5 Å². The highest BCUT2D eigenvalue weighted by Crippen LogP contribution is 2.23. The molecule has 0 bridgehead atoms. The van der Waals surface area contributed by atoms with Gasteiger partial charge in [0.2, 0.25) is 5.89 Å². The average molecular weight is 469 g/mol. The molecule has 176 valence electrons. The third kappa shape index (κ3) is 5.77. The Kier molecular flexibility index (Phi) is 6.30. The van der Waals surface area contributed by atoms with Gasteiger partial charge in [0.15, 0.2) is 0 Å². The summed E-state index contributed by atoms with van der Waals surface area (Å²) in [6.45, 7) is 5.78. The third-order valence-corrected chi connectivity index (χ3v) is 4.37. The number of pyridine rings is 2. The lowest BCUT2D eigenvalue weighted by Gasteiger charge is -2.19. The lowest BCUT2D eigenvalue weighted by Crippen LogP contribution is -2.27. The molecule has 34 heavy (non-hydrogen) atoms. The van der Waals surface area contributed by atoms with Crippen molar-refractivity contribution in [3.05, 3.63) is 60.8 Å². The summed E-state index contributed by atoms with van der Waals surface area (Å²) >= 11 is 0. The van der Waals surface area contributed by atoms with Gasteiger partial charge in [-0.15, -0.1) is 10.2 Å². The first-order chi connectivity index (χ1) is 16.2. The van der Waals surface area contributed by atoms with Crippen LogP contribution in [0.25, 0.3) is 22.7 Å². The fraction of sp³-hybridized carbons (Fsp3) is 0.273. The van der Waals surface area contributed by atoms with Crippen molar-refractivity contribution in [2.75, 3.05) is 5.32 Å². The molecule has 0 aromatic carbocycles. The maximum absolute atomic E-state index is 12.6. The number of nitrogens with zero attached hydrogens (tertiary/aromatic N) is 6. The van der Waals surface area contributed by atoms with Crippen molar-refractivity contribution in [2.45, 2.75) is 39.3 Å². The van der Waals surface area contributed by atoms with E-state index in [1.165, 1.54) is 6.20 Å². The first-order valence-electron chi connectivity index (χ1n) is 10.2. The van der Waals surface area contributed by atoms with Gasteiger partial charge in [-0.05, 0) is 45.0 Å². The summed E-state index contributed by atoms with van der Waals surface area (Å²) < 4.78 is 37.2. The topological polar surface area (TPSA) is 121 Å². The monoisotopic (exact) mass is 469 g/mol. The highest BCUT2D eigenvalue weighted by Gasteiger charge is 2.18. The van der Waals surface area contributed by atoms with E-state index in [1.54, 1.807) is 57.6 Å². The molecule has 1 amide bonds. The largest absolute Gasteiger partial charge is 0.444 e. The number of nitrogens with one attached hydrogen (secondary N) is 1. The number of rotatable bonds is 6. The number of carbonyl (C=O) groups is 1. The Hall–Kier alpha value is -4.22. The van der Waals surface area contributed by atoms with Crippen LogP contribution in [0, 0.1) is 0 Å². The molecular weight excluding hydrogens is 448 g/mol. The highest BCUT2D eigenvalue weighted by molar-refractivity contribution is 5.83. The molecule has 0 spiro atoms. The van der Waals surface area contributed by atoms with Crippen molar-refractivity contribution in [3.63, 3.8) is 0 Å². The molecule has 0 aliphatic carbocycles. The zero-order chi connectivity index (χ0) is 24.3. The van der Waals surface area contributed by atoms with E-state index in [-0.39, 0.29) is 5.89 Å². The van der Waals surface area contributed by atoms with Gasteiger partial charge in [0.1, 0.15) is 11.4 Å². The number of aromatic nitrogens is 6. The minimum Gasteiger partial charge on any atom is -0.444 e. The number of carbonyl (C=O) groups excluding carboxylic acids is 1. The third-order valence-electron chi connectivity index (χ3n) is 4.37. The number of hydrogen-bond donors (Lipinski definition) is 1. The molecule has 0 aliphatic heterocycles. The van der Waals surface area contributed by atoms with Gasteiger partial charge in [0.05, 0.1) is 29.8 Å². The van der Waals surface area contributed by atoms with Crippen LogP contribution in [0.3, 0.4) is 0 Å². The van der Waals surface area contributed by atoms with Gasteiger partial charge in [-0.3, -0.25) is 10.3 Å². The highest BCUT2D eigenvalue weighted by atomic mass is 19.3. The molecule has 12 heteroatoms. The second-order valence-electron chi connectivity index (χ2n) is 8.27. The lowest BCUT2D eigenvalue weighted by atomic mass is 10.2. The quantitative estimate of drug-likeness (QED) is 0.430. The minimum absolute atomic E-state index is 0.0172. The van der Waals surface area contributed by atoms with Crippen molar-refractivity contribution in [3.8, 4) is 22.7 Å². The summed E-state index contributed by atoms with van der Waals surface area (Å²) in [6, 6.07) is 6.86. The Morgan fingerprint density at radius 2 is 1.85 bits per heavy atom. The van der Waals surface area contributed by atoms with Crippen molar-refractivity contribution in [1.82, 2.24) is 29.7 Å². The number of ether oxygens (including phenoxy) is 1. The van der Waals surface area contributed by atoms with Crippen LogP contribution in [-0.4, -0.2) is 41.4 Å². The van der Waals surface area contributed by atoms with Crippen LogP contribution in [-0.2, 0) is 11.3 Å². The van der Waals surface area contributed by atoms with Crippen LogP contribution in [0.5, 0.6) is 0 Å². The molecule has 1 N–H and O–H groups in total. The van der Waals surface area contributed by atoms with E-state index < -0.39 is 24.0 Å². The molecule has 4 aromatic heterocycles. The Bertz CT molecular complexity index is 1260. The summed E-state index contributed by atoms with van der Waals surface area (Å²) in [7, 11) is 0. The summed E-state index contributed by atoms with van der Waals surface area (Å²) in [4.78, 5) is 24.8. The molecule has 0 saturated carbocycles. The summed E-state index contributed by atoms with van der Waals surface area (Å²) in [5.41, 5.74) is 2.02. The first-order valence-corrected chi connectivity index (χ1v) is 10.2. The van der Waals surface area contributed by atoms with Crippen molar-refractivity contribution in [2.24, 2.45) is 0 Å². The Morgan fingerprint density at radius 3 is 2.47 bits per heavy atom. The maximum Gasteiger partial charge on any atom is 0.413 e. The number of hydrogen-bond acceptors (Lipinski definition) is 8. The SMILES string of the molecule is CC(C)(C)OC(=O)Nc1ccc(-c2cn(Cc3ccc(-c4nnc(C(F)F)o4)cn3)cn2)cn1. The van der Waals surface area contributed by atoms with Gasteiger partial charge in [0.25, 0.3) is 5.89 Å². The van der Waals surface area contributed by atoms with E-state index in [2.05, 4.69) is 30.5 Å². The maximum atomic E-state index is 12.6. The van der Waals surface area contributed by atoms with Gasteiger partial charge in [-0.2, -0.15) is 8.78 Å². The Morgan fingerprint density at radius 1 is 1.09 bits per heavy atom. The molecule has 4 heterocycles. The van der Waals surface area contributed by atoms with Gasteiger partial charge in [0, 0.05) is 24.2 Å². The van der Waals surface area contributed by atoms with Crippen molar-refractivity contribution < 1.29 is 22.7 Å². The van der Waals surface area contributed by atoms with E-state index in [0.29, 0.717) is 23.6 Å². The summed E-state index contributed by atoms with van der Waals surface area (Å²) in [6.07, 6.45) is 3.17. The fourth-order valence-electron chi connectivity index (χ4n) is 2.89. The average Bonchev–Trinajstić information content (AvgIpc) is 3.44. The molecule has 4 rings (SSSR count). The zero-order valence-electron chi connectivity index (χ0n) is 18.6. The van der Waals surface area contributed by atoms with E-state index in [9.17, 15) is 13.6 Å². The summed E-state index contributed by atoms with van der Waals surface area (Å²) in [5, 5.41) is 9.50. The Balaban J connectivity index is 1.38. The second kappa shape index (κ2) is 9.33.